The molecular formula is C9H4Br2O2. The van der Waals surface area contributed by atoms with Gasteiger partial charge < -0.3 is 4.42 Å². The van der Waals surface area contributed by atoms with Crippen LogP contribution in [-0.2, 0) is 0 Å². The van der Waals surface area contributed by atoms with Crippen LogP contribution in [-0.4, -0.2) is 0 Å². The average molecular weight is 304 g/mol. The van der Waals surface area contributed by atoms with Crippen LogP contribution in [0.3, 0.4) is 0 Å². The van der Waals surface area contributed by atoms with Gasteiger partial charge in [0, 0.05) is 15.0 Å². The van der Waals surface area contributed by atoms with Gasteiger partial charge in [-0.2, -0.15) is 0 Å². The van der Waals surface area contributed by atoms with Crippen molar-refractivity contribution in [2.45, 2.75) is 0 Å². The SMILES string of the molecule is O=c1ccoc2cc(Br)cc(Br)c12. The predicted octanol–water partition coefficient (Wildman–Crippen LogP) is 3.32. The fourth-order valence-electron chi connectivity index (χ4n) is 1.13. The Morgan fingerprint density at radius 2 is 2.00 bits per heavy atom. The summed E-state index contributed by atoms with van der Waals surface area (Å²) in [5.74, 6) is 0. The summed E-state index contributed by atoms with van der Waals surface area (Å²) < 4.78 is 6.81. The van der Waals surface area contributed by atoms with Crippen LogP contribution in [0.1, 0.15) is 0 Å². The smallest absolute Gasteiger partial charge is 0.193 e. The largest absolute Gasteiger partial charge is 0.464 e. The quantitative estimate of drug-likeness (QED) is 0.747. The van der Waals surface area contributed by atoms with Gasteiger partial charge >= 0.3 is 0 Å². The molecule has 66 valence electrons. The van der Waals surface area contributed by atoms with E-state index >= 15 is 0 Å². The molecular weight excluding hydrogens is 300 g/mol. The van der Waals surface area contributed by atoms with Gasteiger partial charge in [0.2, 0.25) is 0 Å². The minimum atomic E-state index is -0.0411. The van der Waals surface area contributed by atoms with E-state index in [1.807, 2.05) is 6.07 Å². The first-order valence-corrected chi connectivity index (χ1v) is 5.13. The van der Waals surface area contributed by atoms with Gasteiger partial charge in [-0.05, 0) is 28.1 Å². The standard InChI is InChI=1S/C9H4Br2O2/c10-5-3-6(11)9-7(12)1-2-13-8(9)4-5/h1-4H. The minimum Gasteiger partial charge on any atom is -0.464 e. The Balaban J connectivity index is 3.03. The van der Waals surface area contributed by atoms with Crippen molar-refractivity contribution < 1.29 is 4.42 Å². The number of hydrogen-bond donors (Lipinski definition) is 0. The molecule has 0 bridgehead atoms. The zero-order valence-electron chi connectivity index (χ0n) is 6.38. The van der Waals surface area contributed by atoms with Crippen LogP contribution < -0.4 is 5.43 Å². The van der Waals surface area contributed by atoms with Gasteiger partial charge in [0.05, 0.1) is 11.6 Å². The lowest BCUT2D eigenvalue weighted by Gasteiger charge is -1.98. The van der Waals surface area contributed by atoms with E-state index in [2.05, 4.69) is 31.9 Å². The molecule has 4 heteroatoms. The highest BCUT2D eigenvalue weighted by Crippen LogP contribution is 2.25. The number of halogens is 2. The van der Waals surface area contributed by atoms with E-state index in [9.17, 15) is 4.79 Å². The summed E-state index contributed by atoms with van der Waals surface area (Å²) in [4.78, 5) is 11.4. The highest BCUT2D eigenvalue weighted by atomic mass is 79.9. The maximum Gasteiger partial charge on any atom is 0.193 e. The van der Waals surface area contributed by atoms with Gasteiger partial charge in [-0.15, -0.1) is 0 Å². The van der Waals surface area contributed by atoms with E-state index in [1.165, 1.54) is 12.3 Å². The van der Waals surface area contributed by atoms with Crippen LogP contribution in [0, 0.1) is 0 Å². The summed E-state index contributed by atoms with van der Waals surface area (Å²) in [6.45, 7) is 0. The molecule has 0 saturated carbocycles. The van der Waals surface area contributed by atoms with E-state index < -0.39 is 0 Å². The number of rotatable bonds is 0. The Labute approximate surface area is 90.8 Å². The molecule has 0 radical (unpaired) electrons. The summed E-state index contributed by atoms with van der Waals surface area (Å²) in [5, 5.41) is 0.575. The van der Waals surface area contributed by atoms with Crippen molar-refractivity contribution in [2.75, 3.05) is 0 Å². The maximum atomic E-state index is 11.4. The summed E-state index contributed by atoms with van der Waals surface area (Å²) >= 11 is 6.62. The zero-order valence-corrected chi connectivity index (χ0v) is 9.55. The maximum absolute atomic E-state index is 11.4. The molecule has 1 aromatic heterocycles. The normalized spacial score (nSPS) is 10.6. The van der Waals surface area contributed by atoms with Crippen LogP contribution in [0.25, 0.3) is 11.0 Å². The van der Waals surface area contributed by atoms with Gasteiger partial charge in [0.1, 0.15) is 5.58 Å². The number of fused-ring (bicyclic) bond motifs is 1. The highest BCUT2D eigenvalue weighted by molar-refractivity contribution is 9.11. The van der Waals surface area contributed by atoms with Gasteiger partial charge in [-0.25, -0.2) is 0 Å². The molecule has 2 aromatic rings. The molecule has 0 saturated heterocycles. The molecule has 1 heterocycles. The van der Waals surface area contributed by atoms with Crippen molar-refractivity contribution in [1.82, 2.24) is 0 Å². The monoisotopic (exact) mass is 302 g/mol. The van der Waals surface area contributed by atoms with E-state index in [-0.39, 0.29) is 5.43 Å². The fourth-order valence-corrected chi connectivity index (χ4v) is 2.52. The molecule has 0 aliphatic carbocycles. The molecule has 0 spiro atoms. The molecule has 0 aliphatic heterocycles. The third kappa shape index (κ3) is 1.56. The third-order valence-electron chi connectivity index (χ3n) is 1.68. The molecule has 0 atom stereocenters. The van der Waals surface area contributed by atoms with Gasteiger partial charge in [-0.3, -0.25) is 4.79 Å². The van der Waals surface area contributed by atoms with E-state index in [0.717, 1.165) is 8.95 Å². The lowest BCUT2D eigenvalue weighted by Crippen LogP contribution is -1.98. The average Bonchev–Trinajstić information content (AvgIpc) is 2.02. The van der Waals surface area contributed by atoms with E-state index in [0.29, 0.717) is 11.0 Å². The summed E-state index contributed by atoms with van der Waals surface area (Å²) in [6, 6.07) is 4.99. The van der Waals surface area contributed by atoms with E-state index in [1.54, 1.807) is 6.07 Å². The second kappa shape index (κ2) is 3.27. The first-order chi connectivity index (χ1) is 6.18. The van der Waals surface area contributed by atoms with Crippen LogP contribution in [0.5, 0.6) is 0 Å². The summed E-state index contributed by atoms with van der Waals surface area (Å²) in [7, 11) is 0. The van der Waals surface area contributed by atoms with Crippen molar-refractivity contribution in [2.24, 2.45) is 0 Å². The Morgan fingerprint density at radius 1 is 1.23 bits per heavy atom. The topological polar surface area (TPSA) is 30.2 Å². The third-order valence-corrected chi connectivity index (χ3v) is 2.76. The zero-order chi connectivity index (χ0) is 9.42. The summed E-state index contributed by atoms with van der Waals surface area (Å²) in [5.41, 5.74) is 0.536. The minimum absolute atomic E-state index is 0.0411. The highest BCUT2D eigenvalue weighted by Gasteiger charge is 2.05. The molecule has 2 rings (SSSR count). The van der Waals surface area contributed by atoms with Crippen LogP contribution in [0.15, 0.2) is 42.6 Å². The Morgan fingerprint density at radius 3 is 2.77 bits per heavy atom. The Bertz CT molecular complexity index is 516. The van der Waals surface area contributed by atoms with Crippen LogP contribution >= 0.6 is 31.9 Å². The second-order valence-electron chi connectivity index (χ2n) is 2.55. The molecule has 0 unspecified atom stereocenters. The van der Waals surface area contributed by atoms with Gasteiger partial charge in [0.25, 0.3) is 0 Å². The lowest BCUT2D eigenvalue weighted by molar-refractivity contribution is 0.602. The molecule has 13 heavy (non-hydrogen) atoms. The molecule has 2 nitrogen and oxygen atoms in total. The molecule has 1 aromatic carbocycles. The molecule has 0 aliphatic rings. The summed E-state index contributed by atoms with van der Waals surface area (Å²) in [6.07, 6.45) is 1.39. The first kappa shape index (κ1) is 8.97. The Kier molecular flexibility index (Phi) is 2.26. The number of hydrogen-bond acceptors (Lipinski definition) is 2. The second-order valence-corrected chi connectivity index (χ2v) is 4.32. The predicted molar refractivity (Wildman–Crippen MR) is 57.9 cm³/mol. The van der Waals surface area contributed by atoms with Crippen LogP contribution in [0.4, 0.5) is 0 Å². The van der Waals surface area contributed by atoms with Gasteiger partial charge in [0.15, 0.2) is 5.43 Å². The lowest BCUT2D eigenvalue weighted by atomic mass is 10.2. The van der Waals surface area contributed by atoms with Gasteiger partial charge in [-0.1, -0.05) is 15.9 Å². The Hall–Kier alpha value is -0.610. The molecule has 0 N–H and O–H groups in total. The first-order valence-electron chi connectivity index (χ1n) is 3.55. The fraction of sp³-hybridized carbons (Fsp3) is 0. The van der Waals surface area contributed by atoms with Crippen molar-refractivity contribution in [3.05, 3.63) is 43.6 Å². The van der Waals surface area contributed by atoms with E-state index in [4.69, 9.17) is 4.42 Å². The van der Waals surface area contributed by atoms with Crippen molar-refractivity contribution in [3.63, 3.8) is 0 Å². The van der Waals surface area contributed by atoms with Crippen LogP contribution in [0.2, 0.25) is 0 Å². The van der Waals surface area contributed by atoms with Crippen molar-refractivity contribution in [1.29, 1.82) is 0 Å². The molecule has 0 fully saturated rings. The van der Waals surface area contributed by atoms with Crippen molar-refractivity contribution >= 4 is 42.8 Å². The van der Waals surface area contributed by atoms with Crippen molar-refractivity contribution in [3.8, 4) is 0 Å². The molecule has 0 amide bonds. The number of benzene rings is 1.